The van der Waals surface area contributed by atoms with Gasteiger partial charge in [-0.25, -0.2) is 4.68 Å². The van der Waals surface area contributed by atoms with Crippen LogP contribution in [-0.4, -0.2) is 39.3 Å². The molecule has 1 aromatic heterocycles. The van der Waals surface area contributed by atoms with E-state index in [2.05, 4.69) is 18.9 Å². The van der Waals surface area contributed by atoms with E-state index in [1.54, 1.807) is 10.9 Å². The van der Waals surface area contributed by atoms with Crippen LogP contribution in [-0.2, 0) is 6.54 Å². The zero-order chi connectivity index (χ0) is 13.4. The molecule has 0 N–H and O–H groups in total. The fourth-order valence-corrected chi connectivity index (χ4v) is 3.18. The van der Waals surface area contributed by atoms with Crippen molar-refractivity contribution in [1.82, 2.24) is 14.7 Å². The Morgan fingerprint density at radius 1 is 1.32 bits per heavy atom. The average Bonchev–Trinajstić information content (AvgIpc) is 2.82. The molecule has 0 saturated carbocycles. The zero-order valence-corrected chi connectivity index (χ0v) is 11.6. The number of piperidine rings is 1. The SMILES string of the molecule is CC1CCCC(C)N1C(=O)c1cnn2c1OCCC2. The highest BCUT2D eigenvalue weighted by Gasteiger charge is 2.33. The summed E-state index contributed by atoms with van der Waals surface area (Å²) in [6.45, 7) is 5.78. The molecular formula is C14H21N3O2. The van der Waals surface area contributed by atoms with Gasteiger partial charge in [0.15, 0.2) is 0 Å². The quantitative estimate of drug-likeness (QED) is 0.779. The molecule has 1 amide bonds. The van der Waals surface area contributed by atoms with Crippen LogP contribution < -0.4 is 4.74 Å². The van der Waals surface area contributed by atoms with E-state index < -0.39 is 0 Å². The molecular weight excluding hydrogens is 242 g/mol. The number of aromatic nitrogens is 2. The van der Waals surface area contributed by atoms with Gasteiger partial charge < -0.3 is 9.64 Å². The van der Waals surface area contributed by atoms with Crippen molar-refractivity contribution < 1.29 is 9.53 Å². The van der Waals surface area contributed by atoms with Gasteiger partial charge in [-0.05, 0) is 33.1 Å². The fraction of sp³-hybridized carbons (Fsp3) is 0.714. The Morgan fingerprint density at radius 3 is 2.79 bits per heavy atom. The lowest BCUT2D eigenvalue weighted by Crippen LogP contribution is -2.47. The molecule has 1 fully saturated rings. The van der Waals surface area contributed by atoms with Gasteiger partial charge in [-0.1, -0.05) is 0 Å². The van der Waals surface area contributed by atoms with Crippen molar-refractivity contribution in [3.8, 4) is 5.88 Å². The summed E-state index contributed by atoms with van der Waals surface area (Å²) in [5.74, 6) is 0.726. The minimum absolute atomic E-state index is 0.0721. The van der Waals surface area contributed by atoms with E-state index in [4.69, 9.17) is 4.74 Å². The molecule has 3 heterocycles. The second kappa shape index (κ2) is 4.87. The summed E-state index contributed by atoms with van der Waals surface area (Å²) >= 11 is 0. The first-order chi connectivity index (χ1) is 9.18. The summed E-state index contributed by atoms with van der Waals surface area (Å²) in [5, 5.41) is 4.27. The largest absolute Gasteiger partial charge is 0.477 e. The Hall–Kier alpha value is -1.52. The first-order valence-corrected chi connectivity index (χ1v) is 7.19. The van der Waals surface area contributed by atoms with Crippen LogP contribution in [0.15, 0.2) is 6.20 Å². The lowest BCUT2D eigenvalue weighted by atomic mass is 9.97. The van der Waals surface area contributed by atoms with Gasteiger partial charge in [-0.3, -0.25) is 4.79 Å². The van der Waals surface area contributed by atoms with E-state index in [9.17, 15) is 4.79 Å². The first-order valence-electron chi connectivity index (χ1n) is 7.19. The van der Waals surface area contributed by atoms with Crippen LogP contribution in [0.25, 0.3) is 0 Å². The Kier molecular flexibility index (Phi) is 3.21. The van der Waals surface area contributed by atoms with Crippen LogP contribution in [0.5, 0.6) is 5.88 Å². The van der Waals surface area contributed by atoms with Crippen molar-refractivity contribution in [3.05, 3.63) is 11.8 Å². The van der Waals surface area contributed by atoms with Crippen LogP contribution in [0.4, 0.5) is 0 Å². The third-order valence-corrected chi connectivity index (χ3v) is 4.20. The molecule has 2 aliphatic heterocycles. The number of hydrogen-bond donors (Lipinski definition) is 0. The highest BCUT2D eigenvalue weighted by atomic mass is 16.5. The maximum absolute atomic E-state index is 12.7. The van der Waals surface area contributed by atoms with E-state index in [-0.39, 0.29) is 5.91 Å². The van der Waals surface area contributed by atoms with Gasteiger partial charge in [0.05, 0.1) is 12.8 Å². The highest BCUT2D eigenvalue weighted by molar-refractivity contribution is 5.96. The summed E-state index contributed by atoms with van der Waals surface area (Å²) in [6, 6.07) is 0.603. The summed E-state index contributed by atoms with van der Waals surface area (Å²) in [5.41, 5.74) is 0.625. The van der Waals surface area contributed by atoms with E-state index >= 15 is 0 Å². The van der Waals surface area contributed by atoms with Crippen LogP contribution in [0.3, 0.4) is 0 Å². The Bertz CT molecular complexity index is 473. The average molecular weight is 263 g/mol. The molecule has 3 rings (SSSR count). The zero-order valence-electron chi connectivity index (χ0n) is 11.6. The lowest BCUT2D eigenvalue weighted by molar-refractivity contribution is 0.0504. The predicted molar refractivity (Wildman–Crippen MR) is 71.3 cm³/mol. The van der Waals surface area contributed by atoms with E-state index in [1.165, 1.54) is 6.42 Å². The Balaban J connectivity index is 1.89. The van der Waals surface area contributed by atoms with Crippen molar-refractivity contribution >= 4 is 5.91 Å². The number of carbonyl (C=O) groups excluding carboxylic acids is 1. The second-order valence-corrected chi connectivity index (χ2v) is 5.63. The highest BCUT2D eigenvalue weighted by Crippen LogP contribution is 2.29. The molecule has 5 nitrogen and oxygen atoms in total. The molecule has 0 spiro atoms. The maximum atomic E-state index is 12.7. The lowest BCUT2D eigenvalue weighted by Gasteiger charge is -2.39. The number of rotatable bonds is 1. The molecule has 2 unspecified atom stereocenters. The second-order valence-electron chi connectivity index (χ2n) is 5.63. The van der Waals surface area contributed by atoms with Crippen molar-refractivity contribution in [2.75, 3.05) is 6.61 Å². The number of amides is 1. The Labute approximate surface area is 113 Å². The van der Waals surface area contributed by atoms with Gasteiger partial charge in [0, 0.05) is 25.0 Å². The first kappa shape index (κ1) is 12.5. The predicted octanol–water partition coefficient (Wildman–Crippen LogP) is 2.07. The molecule has 104 valence electrons. The standard InChI is InChI=1S/C14H21N3O2/c1-10-5-3-6-11(2)17(10)13(18)12-9-15-16-7-4-8-19-14(12)16/h9-11H,3-8H2,1-2H3. The van der Waals surface area contributed by atoms with Crippen molar-refractivity contribution in [1.29, 1.82) is 0 Å². The topological polar surface area (TPSA) is 47.4 Å². The number of hydrogen-bond acceptors (Lipinski definition) is 3. The molecule has 1 saturated heterocycles. The summed E-state index contributed by atoms with van der Waals surface area (Å²) in [7, 11) is 0. The van der Waals surface area contributed by atoms with Crippen LogP contribution in [0, 0.1) is 0 Å². The third-order valence-electron chi connectivity index (χ3n) is 4.20. The van der Waals surface area contributed by atoms with Gasteiger partial charge in [0.25, 0.3) is 5.91 Å². The third kappa shape index (κ3) is 2.11. The van der Waals surface area contributed by atoms with Gasteiger partial charge in [-0.15, -0.1) is 0 Å². The molecule has 19 heavy (non-hydrogen) atoms. The number of aryl methyl sites for hydroxylation is 1. The van der Waals surface area contributed by atoms with Gasteiger partial charge in [0.2, 0.25) is 5.88 Å². The number of nitrogens with zero attached hydrogens (tertiary/aromatic N) is 3. The van der Waals surface area contributed by atoms with Crippen molar-refractivity contribution in [3.63, 3.8) is 0 Å². The van der Waals surface area contributed by atoms with Gasteiger partial charge >= 0.3 is 0 Å². The van der Waals surface area contributed by atoms with Gasteiger partial charge in [-0.2, -0.15) is 5.10 Å². The van der Waals surface area contributed by atoms with Gasteiger partial charge in [0.1, 0.15) is 5.56 Å². The number of ether oxygens (including phenoxy) is 1. The number of fused-ring (bicyclic) bond motifs is 1. The van der Waals surface area contributed by atoms with E-state index in [1.807, 2.05) is 4.90 Å². The molecule has 2 atom stereocenters. The maximum Gasteiger partial charge on any atom is 0.261 e. The Morgan fingerprint density at radius 2 is 2.05 bits per heavy atom. The minimum atomic E-state index is 0.0721. The van der Waals surface area contributed by atoms with Crippen molar-refractivity contribution in [2.45, 2.75) is 58.2 Å². The van der Waals surface area contributed by atoms with Crippen molar-refractivity contribution in [2.24, 2.45) is 0 Å². The number of carbonyl (C=O) groups is 1. The summed E-state index contributed by atoms with van der Waals surface area (Å²) in [6.07, 6.45) is 5.99. The van der Waals surface area contributed by atoms with Crippen LogP contribution >= 0.6 is 0 Å². The molecule has 0 aliphatic carbocycles. The molecule has 5 heteroatoms. The summed E-state index contributed by atoms with van der Waals surface area (Å²) in [4.78, 5) is 14.7. The monoisotopic (exact) mass is 263 g/mol. The summed E-state index contributed by atoms with van der Waals surface area (Å²) < 4.78 is 7.43. The van der Waals surface area contributed by atoms with E-state index in [0.717, 1.165) is 25.8 Å². The number of likely N-dealkylation sites (tertiary alicyclic amines) is 1. The molecule has 2 aliphatic rings. The smallest absolute Gasteiger partial charge is 0.261 e. The van der Waals surface area contributed by atoms with E-state index in [0.29, 0.717) is 30.1 Å². The normalized spacial score (nSPS) is 26.7. The molecule has 1 aromatic rings. The fourth-order valence-electron chi connectivity index (χ4n) is 3.18. The molecule has 0 radical (unpaired) electrons. The van der Waals surface area contributed by atoms with Crippen LogP contribution in [0.2, 0.25) is 0 Å². The minimum Gasteiger partial charge on any atom is -0.477 e. The molecule has 0 aromatic carbocycles. The molecule has 0 bridgehead atoms. The van der Waals surface area contributed by atoms with Crippen LogP contribution in [0.1, 0.15) is 49.9 Å².